The average molecular weight is 677 g/mol. The molecule has 3 N–H and O–H groups in total. The second-order valence-corrected chi connectivity index (χ2v) is 18.6. The van der Waals surface area contributed by atoms with Gasteiger partial charge in [0.25, 0.3) is 0 Å². The Morgan fingerprint density at radius 3 is 2.33 bits per heavy atom. The highest BCUT2D eigenvalue weighted by Crippen LogP contribution is 2.74. The number of rotatable bonds is 5. The molecule has 0 radical (unpaired) electrons. The Balaban J connectivity index is 1.46. The van der Waals surface area contributed by atoms with Crippen molar-refractivity contribution >= 4 is 29.5 Å². The van der Waals surface area contributed by atoms with Gasteiger partial charge in [-0.15, -0.1) is 0 Å². The van der Waals surface area contributed by atoms with Crippen molar-refractivity contribution in [2.24, 2.45) is 61.1 Å². The maximum absolute atomic E-state index is 14.7. The Morgan fingerprint density at radius 1 is 1.04 bits per heavy atom. The average Bonchev–Trinajstić information content (AvgIpc) is 2.98. The Kier molecular flexibility index (Phi) is 8.86. The van der Waals surface area contributed by atoms with E-state index in [2.05, 4.69) is 51.2 Å². The first-order valence-corrected chi connectivity index (χ1v) is 17.9. The molecule has 1 amide bonds. The minimum atomic E-state index is -0.885. The van der Waals surface area contributed by atoms with Crippen LogP contribution in [-0.2, 0) is 24.0 Å². The van der Waals surface area contributed by atoms with Crippen LogP contribution in [0.3, 0.4) is 0 Å². The highest BCUT2D eigenvalue weighted by atomic mass is 16.7. The van der Waals surface area contributed by atoms with Crippen molar-refractivity contribution in [2.75, 3.05) is 6.54 Å². The second kappa shape index (κ2) is 11.8. The molecule has 0 aromatic rings. The van der Waals surface area contributed by atoms with E-state index in [4.69, 9.17) is 15.3 Å². The largest absolute Gasteiger partial charge is 0.444 e. The van der Waals surface area contributed by atoms with Gasteiger partial charge in [0.1, 0.15) is 17.5 Å². The van der Waals surface area contributed by atoms with Crippen molar-refractivity contribution in [2.45, 2.75) is 126 Å². The molecule has 3 fully saturated rings. The summed E-state index contributed by atoms with van der Waals surface area (Å²) in [6.07, 6.45) is 8.24. The summed E-state index contributed by atoms with van der Waals surface area (Å²) in [4.78, 5) is 59.9. The number of nitriles is 1. The molecule has 5 aliphatic rings. The van der Waals surface area contributed by atoms with Crippen LogP contribution in [0.4, 0.5) is 4.79 Å². The smallest absolute Gasteiger partial charge is 0.407 e. The van der Waals surface area contributed by atoms with Crippen LogP contribution in [0.2, 0.25) is 0 Å². The van der Waals surface area contributed by atoms with E-state index >= 15 is 0 Å². The molecule has 0 saturated heterocycles. The first kappa shape index (κ1) is 36.8. The van der Waals surface area contributed by atoms with Crippen molar-refractivity contribution in [3.63, 3.8) is 0 Å². The van der Waals surface area contributed by atoms with Gasteiger partial charge >= 0.3 is 12.1 Å². The normalized spacial score (nSPS) is 37.9. The summed E-state index contributed by atoms with van der Waals surface area (Å²) < 4.78 is 5.25. The van der Waals surface area contributed by atoms with E-state index in [9.17, 15) is 24.4 Å². The molecule has 0 spiro atoms. The number of nitrogens with two attached hydrogens (primary N) is 1. The highest BCUT2D eigenvalue weighted by molar-refractivity contribution is 6.04. The van der Waals surface area contributed by atoms with Gasteiger partial charge in [0.15, 0.2) is 11.6 Å². The van der Waals surface area contributed by atoms with Crippen LogP contribution in [0.25, 0.3) is 0 Å². The first-order valence-electron chi connectivity index (χ1n) is 17.9. The molecule has 2 unspecified atom stereocenters. The van der Waals surface area contributed by atoms with E-state index in [1.54, 1.807) is 20.8 Å². The molecule has 3 saturated carbocycles. The number of ether oxygens (including phenoxy) is 1. The summed E-state index contributed by atoms with van der Waals surface area (Å²) in [5.74, 6) is -1.17. The van der Waals surface area contributed by atoms with Gasteiger partial charge in [0.05, 0.1) is 11.0 Å². The molecule has 7 atom stereocenters. The number of carbonyl (C=O) groups excluding carboxylic acids is 4. The van der Waals surface area contributed by atoms with Gasteiger partial charge in [0, 0.05) is 29.7 Å². The maximum atomic E-state index is 14.7. The topological polar surface area (TPSA) is 161 Å². The number of Topliss-reactive ketones (excluding diaryl/α,β-unsaturated/α-hetero) is 1. The summed E-state index contributed by atoms with van der Waals surface area (Å²) in [5.41, 5.74) is 3.52. The van der Waals surface area contributed by atoms with Gasteiger partial charge in [-0.3, -0.25) is 9.59 Å². The van der Waals surface area contributed by atoms with Crippen molar-refractivity contribution in [3.05, 3.63) is 23.3 Å². The number of nitrogens with zero attached hydrogens (tertiary/aromatic N) is 2. The van der Waals surface area contributed by atoms with Gasteiger partial charge in [-0.1, -0.05) is 65.3 Å². The number of hydrogen-bond donors (Lipinski definition) is 2. The van der Waals surface area contributed by atoms with Crippen molar-refractivity contribution in [1.29, 1.82) is 5.26 Å². The number of fused-ring (bicyclic) bond motifs is 7. The van der Waals surface area contributed by atoms with E-state index in [-0.39, 0.29) is 58.6 Å². The van der Waals surface area contributed by atoms with Gasteiger partial charge in [-0.2, -0.15) is 5.26 Å². The Bertz CT molecular complexity index is 1590. The van der Waals surface area contributed by atoms with Crippen LogP contribution < -0.4 is 11.1 Å². The van der Waals surface area contributed by atoms with Crippen molar-refractivity contribution < 1.29 is 28.8 Å². The highest BCUT2D eigenvalue weighted by Gasteiger charge is 2.71. The zero-order chi connectivity index (χ0) is 36.6. The molecule has 10 heteroatoms. The summed E-state index contributed by atoms with van der Waals surface area (Å²) in [5, 5.41) is 16.6. The fourth-order valence-corrected chi connectivity index (χ4v) is 10.8. The summed E-state index contributed by atoms with van der Waals surface area (Å²) in [7, 11) is 0. The standard InChI is InChI=1S/C39H56N4O6/c1-33(2,3)48-32(47)42-18-12-28(41)43-49-31(46)39-16-14-34(4,5)21-24(39)29-25(44)19-27-36(8)20-23(22-40)30(45)35(6,7)26(36)11-13-37(27,9)38(29,10)15-17-39/h19-20,24,26,29H,11-18,21H2,1-10H3,(H2,41,43)(H,42,47)/t24?,26-,29?,36-,37+,38+,39-/m0/s1. The number of ketones is 2. The number of amidine groups is 1. The number of amides is 1. The summed E-state index contributed by atoms with van der Waals surface area (Å²) in [6.45, 7) is 20.4. The van der Waals surface area contributed by atoms with E-state index in [0.717, 1.165) is 24.8 Å². The van der Waals surface area contributed by atoms with Crippen molar-refractivity contribution in [1.82, 2.24) is 5.32 Å². The van der Waals surface area contributed by atoms with Crippen LogP contribution >= 0.6 is 0 Å². The fraction of sp³-hybridized carbons (Fsp3) is 0.744. The minimum Gasteiger partial charge on any atom is -0.444 e. The predicted molar refractivity (Wildman–Crippen MR) is 185 cm³/mol. The van der Waals surface area contributed by atoms with Crippen molar-refractivity contribution in [3.8, 4) is 6.07 Å². The number of hydrogen-bond acceptors (Lipinski definition) is 8. The molecular formula is C39H56N4O6. The third-order valence-corrected chi connectivity index (χ3v) is 13.6. The third-order valence-electron chi connectivity index (χ3n) is 13.6. The Labute approximate surface area is 291 Å². The van der Waals surface area contributed by atoms with E-state index in [1.807, 2.05) is 26.0 Å². The molecule has 0 aliphatic heterocycles. The molecule has 5 rings (SSSR count). The zero-order valence-electron chi connectivity index (χ0n) is 31.2. The number of allylic oxidation sites excluding steroid dienone is 4. The van der Waals surface area contributed by atoms with Crippen LogP contribution in [0, 0.1) is 61.6 Å². The number of carbonyl (C=O) groups is 4. The van der Waals surface area contributed by atoms with Crippen LogP contribution in [-0.4, -0.2) is 41.6 Å². The first-order chi connectivity index (χ1) is 22.5. The van der Waals surface area contributed by atoms with Gasteiger partial charge in [0.2, 0.25) is 0 Å². The van der Waals surface area contributed by atoms with Crippen LogP contribution in [0.15, 0.2) is 28.5 Å². The fourth-order valence-electron chi connectivity index (χ4n) is 10.8. The monoisotopic (exact) mass is 676 g/mol. The summed E-state index contributed by atoms with van der Waals surface area (Å²) >= 11 is 0. The molecule has 0 aromatic carbocycles. The lowest BCUT2D eigenvalue weighted by atomic mass is 9.34. The summed E-state index contributed by atoms with van der Waals surface area (Å²) in [6, 6.07) is 2.16. The number of alkyl carbamates (subject to hydrolysis) is 1. The zero-order valence-corrected chi connectivity index (χ0v) is 31.2. The Hall–Kier alpha value is -3.48. The van der Waals surface area contributed by atoms with E-state index in [0.29, 0.717) is 25.7 Å². The molecule has 268 valence electrons. The molecule has 0 heterocycles. The number of nitrogens with one attached hydrogen (secondary N) is 1. The third kappa shape index (κ3) is 5.83. The molecule has 10 nitrogen and oxygen atoms in total. The molecule has 0 bridgehead atoms. The maximum Gasteiger partial charge on any atom is 0.407 e. The van der Waals surface area contributed by atoms with E-state index < -0.39 is 45.2 Å². The molecular weight excluding hydrogens is 620 g/mol. The van der Waals surface area contributed by atoms with Crippen LogP contribution in [0.1, 0.15) is 121 Å². The lowest BCUT2D eigenvalue weighted by Gasteiger charge is -2.68. The predicted octanol–water partition coefficient (Wildman–Crippen LogP) is 6.94. The van der Waals surface area contributed by atoms with Gasteiger partial charge < -0.3 is 20.6 Å². The molecule has 0 aromatic heterocycles. The second-order valence-electron chi connectivity index (χ2n) is 18.6. The lowest BCUT2D eigenvalue weighted by Crippen LogP contribution is -2.65. The van der Waals surface area contributed by atoms with Crippen LogP contribution in [0.5, 0.6) is 0 Å². The SMILES string of the molecule is CC1(C)CC[C@]2(C(=O)ON=C(N)CCNC(=O)OC(C)(C)C)CC[C@]3(C)C(C(=O)C=C4[C@@]5(C)C=C(C#N)C(=O)C(C)(C)[C@@H]5CC[C@]43C)C2C1. The quantitative estimate of drug-likeness (QED) is 0.137. The van der Waals surface area contributed by atoms with E-state index in [1.165, 1.54) is 0 Å². The molecule has 49 heavy (non-hydrogen) atoms. The Morgan fingerprint density at radius 2 is 1.69 bits per heavy atom. The van der Waals surface area contributed by atoms with Gasteiger partial charge in [-0.25, -0.2) is 9.59 Å². The number of oxime groups is 1. The van der Waals surface area contributed by atoms with Gasteiger partial charge in [-0.05, 0) is 99.9 Å². The lowest BCUT2D eigenvalue weighted by molar-refractivity contribution is -0.193. The minimum absolute atomic E-state index is 0.0225. The molecule has 5 aliphatic carbocycles.